The number of fused-ring (bicyclic) bond motifs is 1. The van der Waals surface area contributed by atoms with Gasteiger partial charge in [0.05, 0.1) is 10.7 Å². The lowest BCUT2D eigenvalue weighted by atomic mass is 10.1. The van der Waals surface area contributed by atoms with Crippen LogP contribution in [0.4, 0.5) is 5.69 Å². The van der Waals surface area contributed by atoms with Crippen LogP contribution in [0.15, 0.2) is 70.8 Å². The third-order valence-electron chi connectivity index (χ3n) is 4.75. The lowest BCUT2D eigenvalue weighted by molar-refractivity contribution is 0.102. The minimum absolute atomic E-state index is 0.307. The Morgan fingerprint density at radius 1 is 1.17 bits per heavy atom. The van der Waals surface area contributed by atoms with Crippen molar-refractivity contribution < 1.29 is 9.32 Å². The molecule has 0 atom stereocenters. The molecule has 0 aliphatic heterocycles. The molecular weight excluding hydrogens is 420 g/mol. The van der Waals surface area contributed by atoms with Crippen molar-refractivity contribution in [3.63, 3.8) is 0 Å². The second kappa shape index (κ2) is 7.44. The van der Waals surface area contributed by atoms with Crippen molar-refractivity contribution in [1.82, 2.24) is 14.5 Å². The summed E-state index contributed by atoms with van der Waals surface area (Å²) in [4.78, 5) is 18.5. The molecule has 0 aliphatic rings. The van der Waals surface area contributed by atoms with E-state index >= 15 is 0 Å². The average molecular weight is 435 g/mol. The molecule has 1 N–H and O–H groups in total. The maximum atomic E-state index is 13.0. The van der Waals surface area contributed by atoms with Gasteiger partial charge in [0.15, 0.2) is 4.96 Å². The van der Waals surface area contributed by atoms with Crippen LogP contribution in [0.3, 0.4) is 0 Å². The average Bonchev–Trinajstić information content (AvgIpc) is 3.44. The molecule has 5 aromatic rings. The van der Waals surface area contributed by atoms with E-state index in [1.165, 1.54) is 0 Å². The van der Waals surface area contributed by atoms with E-state index in [-0.39, 0.29) is 5.91 Å². The summed E-state index contributed by atoms with van der Waals surface area (Å²) in [6.45, 7) is 1.70. The molecular formula is C22H15ClN4O2S. The number of rotatable bonds is 4. The monoisotopic (exact) mass is 434 g/mol. The smallest absolute Gasteiger partial charge is 0.261 e. The number of anilines is 1. The molecule has 1 amide bonds. The Hall–Kier alpha value is -3.42. The van der Waals surface area contributed by atoms with Gasteiger partial charge in [0.25, 0.3) is 5.91 Å². The number of imidazole rings is 1. The van der Waals surface area contributed by atoms with E-state index < -0.39 is 0 Å². The van der Waals surface area contributed by atoms with Gasteiger partial charge in [-0.15, -0.1) is 11.3 Å². The molecule has 8 heteroatoms. The van der Waals surface area contributed by atoms with Crippen LogP contribution in [0.1, 0.15) is 16.1 Å². The fourth-order valence-electron chi connectivity index (χ4n) is 3.26. The Kier molecular flexibility index (Phi) is 4.61. The minimum atomic E-state index is -0.307. The number of aromatic nitrogens is 3. The number of amides is 1. The third-order valence-corrected chi connectivity index (χ3v) is 5.85. The molecule has 30 heavy (non-hydrogen) atoms. The maximum Gasteiger partial charge on any atom is 0.261 e. The van der Waals surface area contributed by atoms with Crippen LogP contribution in [0.25, 0.3) is 27.5 Å². The van der Waals surface area contributed by atoms with Crippen LogP contribution < -0.4 is 5.32 Å². The fraction of sp³-hybridized carbons (Fsp3) is 0.0455. The van der Waals surface area contributed by atoms with Crippen molar-refractivity contribution in [1.29, 1.82) is 0 Å². The van der Waals surface area contributed by atoms with Crippen LogP contribution >= 0.6 is 22.9 Å². The highest BCUT2D eigenvalue weighted by Crippen LogP contribution is 2.31. The molecule has 0 spiro atoms. The van der Waals surface area contributed by atoms with Gasteiger partial charge in [-0.2, -0.15) is 0 Å². The van der Waals surface area contributed by atoms with E-state index in [4.69, 9.17) is 16.1 Å². The number of nitrogens with zero attached hydrogens (tertiary/aromatic N) is 3. The first kappa shape index (κ1) is 18.6. The molecule has 148 valence electrons. The van der Waals surface area contributed by atoms with E-state index in [2.05, 4.69) is 15.5 Å². The topological polar surface area (TPSA) is 72.4 Å². The Morgan fingerprint density at radius 3 is 2.73 bits per heavy atom. The Bertz CT molecular complexity index is 1340. The Balaban J connectivity index is 1.40. The molecule has 0 radical (unpaired) electrons. The lowest BCUT2D eigenvalue weighted by Crippen LogP contribution is -2.13. The second-order valence-electron chi connectivity index (χ2n) is 6.69. The number of hydrogen-bond acceptors (Lipinski definition) is 5. The van der Waals surface area contributed by atoms with E-state index in [0.29, 0.717) is 33.3 Å². The van der Waals surface area contributed by atoms with Crippen molar-refractivity contribution in [3.8, 4) is 22.5 Å². The van der Waals surface area contributed by atoms with Crippen LogP contribution in [0, 0.1) is 6.92 Å². The number of halogens is 1. The van der Waals surface area contributed by atoms with Crippen LogP contribution in [-0.2, 0) is 0 Å². The molecule has 6 nitrogen and oxygen atoms in total. The van der Waals surface area contributed by atoms with Gasteiger partial charge in [-0.3, -0.25) is 9.20 Å². The lowest BCUT2D eigenvalue weighted by Gasteiger charge is -2.07. The predicted molar refractivity (Wildman–Crippen MR) is 118 cm³/mol. The summed E-state index contributed by atoms with van der Waals surface area (Å²) in [5, 5.41) is 9.46. The highest BCUT2D eigenvalue weighted by atomic mass is 35.5. The third kappa shape index (κ3) is 3.28. The molecule has 0 aliphatic carbocycles. The van der Waals surface area contributed by atoms with E-state index in [1.54, 1.807) is 30.4 Å². The number of aryl methyl sites for hydroxylation is 1. The van der Waals surface area contributed by atoms with Crippen molar-refractivity contribution in [2.24, 2.45) is 0 Å². The normalized spacial score (nSPS) is 11.1. The zero-order chi connectivity index (χ0) is 20.7. The molecule has 2 aromatic carbocycles. The van der Waals surface area contributed by atoms with Crippen molar-refractivity contribution in [2.45, 2.75) is 6.92 Å². The summed E-state index contributed by atoms with van der Waals surface area (Å²) in [7, 11) is 0. The van der Waals surface area contributed by atoms with Crippen LogP contribution in [-0.4, -0.2) is 20.4 Å². The van der Waals surface area contributed by atoms with Crippen molar-refractivity contribution in [3.05, 3.63) is 82.7 Å². The molecule has 0 saturated heterocycles. The standard InChI is InChI=1S/C22H15ClN4O2S/c1-13-19(20(26-29-13)16-4-2-3-5-17(16)23)21(28)24-15-8-6-14(7-9-15)18-12-27-10-11-30-22(27)25-18/h2-12H,1H3,(H,24,28). The summed E-state index contributed by atoms with van der Waals surface area (Å²) < 4.78 is 7.27. The maximum absolute atomic E-state index is 13.0. The zero-order valence-corrected chi connectivity index (χ0v) is 17.4. The van der Waals surface area contributed by atoms with Gasteiger partial charge in [-0.1, -0.05) is 47.1 Å². The number of nitrogens with one attached hydrogen (secondary N) is 1. The van der Waals surface area contributed by atoms with Crippen LogP contribution in [0.2, 0.25) is 5.02 Å². The Morgan fingerprint density at radius 2 is 1.97 bits per heavy atom. The first-order valence-corrected chi connectivity index (χ1v) is 10.4. The van der Waals surface area contributed by atoms with Gasteiger partial charge < -0.3 is 9.84 Å². The first-order chi connectivity index (χ1) is 14.6. The molecule has 5 rings (SSSR count). The molecule has 3 heterocycles. The molecule has 3 aromatic heterocycles. The number of hydrogen-bond donors (Lipinski definition) is 1. The van der Waals surface area contributed by atoms with Crippen molar-refractivity contribution >= 4 is 39.5 Å². The van der Waals surface area contributed by atoms with Gasteiger partial charge in [-0.05, 0) is 25.1 Å². The van der Waals surface area contributed by atoms with Gasteiger partial charge in [-0.25, -0.2) is 4.98 Å². The van der Waals surface area contributed by atoms with E-state index in [9.17, 15) is 4.79 Å². The second-order valence-corrected chi connectivity index (χ2v) is 7.97. The van der Waals surface area contributed by atoms with Gasteiger partial charge in [0.2, 0.25) is 0 Å². The summed E-state index contributed by atoms with van der Waals surface area (Å²) in [5.41, 5.74) is 3.95. The van der Waals surface area contributed by atoms with Gasteiger partial charge in [0.1, 0.15) is 17.0 Å². The highest BCUT2D eigenvalue weighted by Gasteiger charge is 2.23. The summed E-state index contributed by atoms with van der Waals surface area (Å²) in [5.74, 6) is 0.121. The van der Waals surface area contributed by atoms with Gasteiger partial charge >= 0.3 is 0 Å². The van der Waals surface area contributed by atoms with E-state index in [1.807, 2.05) is 58.6 Å². The number of carbonyl (C=O) groups is 1. The van der Waals surface area contributed by atoms with Gasteiger partial charge in [0, 0.05) is 34.6 Å². The summed E-state index contributed by atoms with van der Waals surface area (Å²) in [6.07, 6.45) is 3.96. The number of carbonyl (C=O) groups excluding carboxylic acids is 1. The SMILES string of the molecule is Cc1onc(-c2ccccc2Cl)c1C(=O)Nc1ccc(-c2cn3ccsc3n2)cc1. The Labute approximate surface area is 180 Å². The molecule has 0 bridgehead atoms. The molecule has 0 saturated carbocycles. The number of benzene rings is 2. The quantitative estimate of drug-likeness (QED) is 0.380. The molecule has 0 fully saturated rings. The van der Waals surface area contributed by atoms with E-state index in [0.717, 1.165) is 16.2 Å². The van der Waals surface area contributed by atoms with Crippen LogP contribution in [0.5, 0.6) is 0 Å². The zero-order valence-electron chi connectivity index (χ0n) is 15.8. The largest absolute Gasteiger partial charge is 0.360 e. The molecule has 0 unspecified atom stereocenters. The summed E-state index contributed by atoms with van der Waals surface area (Å²) >= 11 is 7.87. The van der Waals surface area contributed by atoms with Crippen molar-refractivity contribution in [2.75, 3.05) is 5.32 Å². The first-order valence-electron chi connectivity index (χ1n) is 9.15. The predicted octanol–water partition coefficient (Wildman–Crippen LogP) is 5.93. The summed E-state index contributed by atoms with van der Waals surface area (Å²) in [6, 6.07) is 14.8. The highest BCUT2D eigenvalue weighted by molar-refractivity contribution is 7.15. The minimum Gasteiger partial charge on any atom is -0.360 e. The number of thiazole rings is 1. The fourth-order valence-corrected chi connectivity index (χ4v) is 4.19.